The number of nitro groups is 1. The third-order valence-corrected chi connectivity index (χ3v) is 5.75. The number of carbonyl (C=O) groups is 2. The van der Waals surface area contributed by atoms with Gasteiger partial charge in [0.1, 0.15) is 11.3 Å². The summed E-state index contributed by atoms with van der Waals surface area (Å²) in [5, 5.41) is 6.30. The van der Waals surface area contributed by atoms with Gasteiger partial charge >= 0.3 is 27.3 Å². The van der Waals surface area contributed by atoms with Crippen LogP contribution in [0.25, 0.3) is 0 Å². The van der Waals surface area contributed by atoms with E-state index in [1.807, 2.05) is 22.6 Å². The zero-order chi connectivity index (χ0) is 23.6. The molecule has 0 aliphatic heterocycles. The number of carbonyl (C=O) groups excluding carboxylic acids is 2. The number of benzene rings is 2. The molecule has 1 unspecified atom stereocenters. The lowest BCUT2D eigenvalue weighted by Crippen LogP contribution is -2.42. The third kappa shape index (κ3) is 5.50. The van der Waals surface area contributed by atoms with Crippen LogP contribution in [0.3, 0.4) is 0 Å². The number of nitrogens with zero attached hydrogens (tertiary/aromatic N) is 1. The standard InChI is InChI=1S/C17H12F2INO9S/c1-9(17(18,19)31(26,27)28)29-16(23)12-8-10(6-7-14(12)21(24)25)30-15(22)11-4-2-3-5-13(11)20/h2-9H,1H3,(H,26,27,28). The largest absolute Gasteiger partial charge is 0.451 e. The monoisotopic (exact) mass is 571 g/mol. The van der Waals surface area contributed by atoms with Gasteiger partial charge in [-0.3, -0.25) is 14.7 Å². The second-order valence-corrected chi connectivity index (χ2v) is 8.55. The summed E-state index contributed by atoms with van der Waals surface area (Å²) < 4.78 is 67.3. The number of alkyl halides is 2. The van der Waals surface area contributed by atoms with E-state index in [2.05, 4.69) is 4.74 Å². The zero-order valence-corrected chi connectivity index (χ0v) is 18.3. The van der Waals surface area contributed by atoms with Crippen molar-refractivity contribution in [3.05, 3.63) is 67.3 Å². The Hall–Kier alpha value is -2.72. The minimum absolute atomic E-state index is 0.159. The zero-order valence-electron chi connectivity index (χ0n) is 15.3. The van der Waals surface area contributed by atoms with Crippen molar-refractivity contribution in [3.8, 4) is 5.75 Å². The number of esters is 2. The molecule has 2 aromatic rings. The Bertz CT molecular complexity index is 1150. The van der Waals surface area contributed by atoms with Crippen LogP contribution in [0.15, 0.2) is 42.5 Å². The molecule has 1 N–H and O–H groups in total. The molecule has 0 saturated carbocycles. The Morgan fingerprint density at radius 2 is 1.77 bits per heavy atom. The van der Waals surface area contributed by atoms with E-state index in [0.717, 1.165) is 12.1 Å². The van der Waals surface area contributed by atoms with Gasteiger partial charge in [0.15, 0.2) is 6.10 Å². The smallest absolute Gasteiger partial charge is 0.405 e. The maximum atomic E-state index is 13.6. The molecule has 2 rings (SSSR count). The van der Waals surface area contributed by atoms with Gasteiger partial charge < -0.3 is 9.47 Å². The maximum Gasteiger partial charge on any atom is 0.405 e. The highest BCUT2D eigenvalue weighted by atomic mass is 127. The van der Waals surface area contributed by atoms with Crippen LogP contribution in [0, 0.1) is 13.7 Å². The molecule has 0 amide bonds. The molecule has 14 heteroatoms. The highest BCUT2D eigenvalue weighted by molar-refractivity contribution is 14.1. The van der Waals surface area contributed by atoms with E-state index in [4.69, 9.17) is 9.29 Å². The minimum Gasteiger partial charge on any atom is -0.451 e. The van der Waals surface area contributed by atoms with Crippen LogP contribution in [0.2, 0.25) is 0 Å². The summed E-state index contributed by atoms with van der Waals surface area (Å²) >= 11 is 1.87. The van der Waals surface area contributed by atoms with Crippen molar-refractivity contribution in [2.45, 2.75) is 18.3 Å². The van der Waals surface area contributed by atoms with Gasteiger partial charge in [-0.2, -0.15) is 17.2 Å². The van der Waals surface area contributed by atoms with Crippen LogP contribution in [-0.4, -0.2) is 41.2 Å². The summed E-state index contributed by atoms with van der Waals surface area (Å²) in [5.41, 5.74) is -1.59. The van der Waals surface area contributed by atoms with E-state index in [1.165, 1.54) is 6.07 Å². The number of halogens is 3. The van der Waals surface area contributed by atoms with Crippen LogP contribution in [0.4, 0.5) is 14.5 Å². The number of hydrogen-bond acceptors (Lipinski definition) is 8. The van der Waals surface area contributed by atoms with Crippen LogP contribution >= 0.6 is 22.6 Å². The van der Waals surface area contributed by atoms with Crippen LogP contribution < -0.4 is 4.74 Å². The third-order valence-electron chi connectivity index (χ3n) is 3.79. The van der Waals surface area contributed by atoms with E-state index in [-0.39, 0.29) is 11.3 Å². The van der Waals surface area contributed by atoms with Crippen molar-refractivity contribution in [3.63, 3.8) is 0 Å². The van der Waals surface area contributed by atoms with Crippen molar-refractivity contribution in [2.24, 2.45) is 0 Å². The molecule has 1 atom stereocenters. The topological polar surface area (TPSA) is 150 Å². The quantitative estimate of drug-likeness (QED) is 0.132. The lowest BCUT2D eigenvalue weighted by molar-refractivity contribution is -0.385. The Morgan fingerprint density at radius 3 is 2.32 bits per heavy atom. The normalized spacial score (nSPS) is 12.7. The average molecular weight is 571 g/mol. The molecule has 0 fully saturated rings. The lowest BCUT2D eigenvalue weighted by atomic mass is 10.1. The van der Waals surface area contributed by atoms with E-state index < -0.39 is 49.6 Å². The van der Waals surface area contributed by atoms with Crippen molar-refractivity contribution in [1.29, 1.82) is 0 Å². The average Bonchev–Trinajstić information content (AvgIpc) is 2.66. The first-order valence-corrected chi connectivity index (χ1v) is 10.6. The molecule has 0 bridgehead atoms. The molecule has 0 saturated heterocycles. The fraction of sp³-hybridized carbons (Fsp3) is 0.176. The molecule has 10 nitrogen and oxygen atoms in total. The number of nitro benzene ring substituents is 1. The predicted octanol–water partition coefficient (Wildman–Crippen LogP) is 3.44. The summed E-state index contributed by atoms with van der Waals surface area (Å²) in [4.78, 5) is 34.7. The second-order valence-electron chi connectivity index (χ2n) is 5.89. The molecule has 0 aromatic heterocycles. The van der Waals surface area contributed by atoms with Crippen molar-refractivity contribution < 1.29 is 45.7 Å². The van der Waals surface area contributed by atoms with Gasteiger partial charge in [0, 0.05) is 15.7 Å². The molecule has 0 aliphatic carbocycles. The molecule has 0 aliphatic rings. The molecule has 0 heterocycles. The second kappa shape index (κ2) is 9.19. The van der Waals surface area contributed by atoms with Crippen molar-refractivity contribution in [2.75, 3.05) is 0 Å². The molecule has 2 aromatic carbocycles. The molecule has 166 valence electrons. The highest BCUT2D eigenvalue weighted by Gasteiger charge is 2.52. The van der Waals surface area contributed by atoms with Crippen LogP contribution in [-0.2, 0) is 14.9 Å². The maximum absolute atomic E-state index is 13.6. The molecular weight excluding hydrogens is 559 g/mol. The van der Waals surface area contributed by atoms with Gasteiger partial charge in [-0.05, 0) is 47.7 Å². The SMILES string of the molecule is CC(OC(=O)c1cc(OC(=O)c2ccccc2I)ccc1[N+](=O)[O-])C(F)(F)S(=O)(=O)O. The Labute approximate surface area is 187 Å². The van der Waals surface area contributed by atoms with Crippen LogP contribution in [0.5, 0.6) is 5.75 Å². The fourth-order valence-electron chi connectivity index (χ4n) is 2.19. The minimum atomic E-state index is -5.93. The molecule has 0 spiro atoms. The van der Waals surface area contributed by atoms with E-state index in [9.17, 15) is 36.9 Å². The van der Waals surface area contributed by atoms with Crippen molar-refractivity contribution >= 4 is 50.3 Å². The van der Waals surface area contributed by atoms with Gasteiger partial charge in [0.05, 0.1) is 10.5 Å². The number of ether oxygens (including phenoxy) is 2. The first-order chi connectivity index (χ1) is 14.3. The molecule has 0 radical (unpaired) electrons. The number of hydrogen-bond donors (Lipinski definition) is 1. The summed E-state index contributed by atoms with van der Waals surface area (Å²) in [5.74, 6) is -2.89. The molecular formula is C17H12F2INO9S. The Balaban J connectivity index is 2.36. The summed E-state index contributed by atoms with van der Waals surface area (Å²) in [6, 6.07) is 8.79. The Kier molecular flexibility index (Phi) is 7.28. The predicted molar refractivity (Wildman–Crippen MR) is 109 cm³/mol. The summed E-state index contributed by atoms with van der Waals surface area (Å²) in [6.45, 7) is 0.471. The van der Waals surface area contributed by atoms with Gasteiger partial charge in [-0.25, -0.2) is 9.59 Å². The van der Waals surface area contributed by atoms with E-state index >= 15 is 0 Å². The summed E-state index contributed by atoms with van der Waals surface area (Å²) in [7, 11) is -5.93. The summed E-state index contributed by atoms with van der Waals surface area (Å²) in [6.07, 6.45) is -2.69. The lowest BCUT2D eigenvalue weighted by Gasteiger charge is -2.20. The Morgan fingerprint density at radius 1 is 1.16 bits per heavy atom. The van der Waals surface area contributed by atoms with Gasteiger partial charge in [0.25, 0.3) is 5.69 Å². The molecule has 31 heavy (non-hydrogen) atoms. The highest BCUT2D eigenvalue weighted by Crippen LogP contribution is 2.30. The van der Waals surface area contributed by atoms with E-state index in [0.29, 0.717) is 16.6 Å². The first kappa shape index (κ1) is 24.5. The van der Waals surface area contributed by atoms with Crippen LogP contribution in [0.1, 0.15) is 27.6 Å². The van der Waals surface area contributed by atoms with Gasteiger partial charge in [0.2, 0.25) is 0 Å². The van der Waals surface area contributed by atoms with Gasteiger partial charge in [-0.15, -0.1) is 0 Å². The number of rotatable bonds is 7. The van der Waals surface area contributed by atoms with E-state index in [1.54, 1.807) is 18.2 Å². The van der Waals surface area contributed by atoms with Gasteiger partial charge in [-0.1, -0.05) is 12.1 Å². The van der Waals surface area contributed by atoms with Crippen molar-refractivity contribution in [1.82, 2.24) is 0 Å². The first-order valence-electron chi connectivity index (χ1n) is 8.06. The fourth-order valence-corrected chi connectivity index (χ4v) is 3.27.